The van der Waals surface area contributed by atoms with Crippen molar-refractivity contribution in [2.45, 2.75) is 19.9 Å². The number of fused-ring (bicyclic) bond motifs is 1. The monoisotopic (exact) mass is 313 g/mol. The number of carbonyl (C=O) groups is 1. The second-order valence-electron chi connectivity index (χ2n) is 5.28. The average molecular weight is 314 g/mol. The van der Waals surface area contributed by atoms with Crippen molar-refractivity contribution in [3.05, 3.63) is 70.6 Å². The number of aryl methyl sites for hydroxylation is 1. The topological polar surface area (TPSA) is 46.4 Å². The molecule has 0 aliphatic carbocycles. The number of rotatable bonds is 4. The number of hydrogen-bond donors (Lipinski definition) is 1. The molecule has 0 fully saturated rings. The van der Waals surface area contributed by atoms with Gasteiger partial charge in [0, 0.05) is 17.4 Å². The van der Waals surface area contributed by atoms with Crippen LogP contribution >= 0.6 is 11.6 Å². The van der Waals surface area contributed by atoms with E-state index in [4.69, 9.17) is 11.6 Å². The van der Waals surface area contributed by atoms with Gasteiger partial charge >= 0.3 is 0 Å². The third-order valence-electron chi connectivity index (χ3n) is 3.41. The van der Waals surface area contributed by atoms with E-state index in [1.165, 1.54) is 0 Å². The van der Waals surface area contributed by atoms with E-state index in [2.05, 4.69) is 10.3 Å². The SMILES string of the molecule is Cc1ccn2cc(CNC(=O)Cc3ccc(Cl)cc3)nc2c1. The highest BCUT2D eigenvalue weighted by molar-refractivity contribution is 6.30. The Hall–Kier alpha value is -2.33. The van der Waals surface area contributed by atoms with Gasteiger partial charge in [0.15, 0.2) is 0 Å². The number of carbonyl (C=O) groups excluding carboxylic acids is 1. The van der Waals surface area contributed by atoms with Gasteiger partial charge in [-0.25, -0.2) is 4.98 Å². The molecule has 0 saturated carbocycles. The van der Waals surface area contributed by atoms with Gasteiger partial charge in [-0.05, 0) is 42.3 Å². The number of nitrogens with one attached hydrogen (secondary N) is 1. The first kappa shape index (κ1) is 14.6. The molecule has 1 amide bonds. The Balaban J connectivity index is 1.61. The molecule has 2 aromatic heterocycles. The number of pyridine rings is 1. The molecule has 22 heavy (non-hydrogen) atoms. The number of aromatic nitrogens is 2. The first-order valence-electron chi connectivity index (χ1n) is 7.05. The van der Waals surface area contributed by atoms with Crippen LogP contribution in [0.25, 0.3) is 5.65 Å². The molecule has 5 heteroatoms. The minimum Gasteiger partial charge on any atom is -0.350 e. The molecule has 0 atom stereocenters. The normalized spacial score (nSPS) is 10.8. The predicted molar refractivity (Wildman–Crippen MR) is 86.9 cm³/mol. The number of amides is 1. The standard InChI is InChI=1S/C17H16ClN3O/c1-12-6-7-21-11-15(20-16(21)8-12)10-19-17(22)9-13-2-4-14(18)5-3-13/h2-8,11H,9-10H2,1H3,(H,19,22). The van der Waals surface area contributed by atoms with Crippen molar-refractivity contribution >= 4 is 23.2 Å². The first-order valence-corrected chi connectivity index (χ1v) is 7.43. The molecule has 4 nitrogen and oxygen atoms in total. The molecule has 1 aromatic carbocycles. The molecule has 0 saturated heterocycles. The minimum absolute atomic E-state index is 0.0319. The van der Waals surface area contributed by atoms with Crippen LogP contribution in [0.15, 0.2) is 48.8 Å². The van der Waals surface area contributed by atoms with Crippen molar-refractivity contribution in [1.29, 1.82) is 0 Å². The summed E-state index contributed by atoms with van der Waals surface area (Å²) in [6.45, 7) is 2.45. The van der Waals surface area contributed by atoms with Gasteiger partial charge in [-0.15, -0.1) is 0 Å². The second kappa shape index (κ2) is 6.20. The highest BCUT2D eigenvalue weighted by Crippen LogP contribution is 2.10. The largest absolute Gasteiger partial charge is 0.350 e. The van der Waals surface area contributed by atoms with Crippen molar-refractivity contribution in [3.8, 4) is 0 Å². The lowest BCUT2D eigenvalue weighted by atomic mass is 10.1. The summed E-state index contributed by atoms with van der Waals surface area (Å²) < 4.78 is 1.95. The molecule has 0 radical (unpaired) electrons. The summed E-state index contributed by atoms with van der Waals surface area (Å²) in [4.78, 5) is 16.5. The lowest BCUT2D eigenvalue weighted by molar-refractivity contribution is -0.120. The van der Waals surface area contributed by atoms with Gasteiger partial charge in [0.2, 0.25) is 5.91 Å². The second-order valence-corrected chi connectivity index (χ2v) is 5.72. The summed E-state index contributed by atoms with van der Waals surface area (Å²) >= 11 is 5.83. The lowest BCUT2D eigenvalue weighted by Gasteiger charge is -2.03. The molecule has 0 aliphatic heterocycles. The van der Waals surface area contributed by atoms with Crippen LogP contribution in [0, 0.1) is 6.92 Å². The fraction of sp³-hybridized carbons (Fsp3) is 0.176. The quantitative estimate of drug-likeness (QED) is 0.804. The molecule has 1 N–H and O–H groups in total. The predicted octanol–water partition coefficient (Wildman–Crippen LogP) is 3.16. The van der Waals surface area contributed by atoms with Gasteiger partial charge in [0.05, 0.1) is 18.7 Å². The van der Waals surface area contributed by atoms with Gasteiger partial charge in [-0.3, -0.25) is 4.79 Å². The van der Waals surface area contributed by atoms with Crippen LogP contribution in [0.4, 0.5) is 0 Å². The van der Waals surface area contributed by atoms with Crippen LogP contribution in [0.2, 0.25) is 5.02 Å². The number of nitrogens with zero attached hydrogens (tertiary/aromatic N) is 2. The zero-order chi connectivity index (χ0) is 15.5. The van der Waals surface area contributed by atoms with Gasteiger partial charge in [-0.2, -0.15) is 0 Å². The van der Waals surface area contributed by atoms with Crippen LogP contribution in [0.1, 0.15) is 16.8 Å². The Bertz CT molecular complexity index is 808. The van der Waals surface area contributed by atoms with Crippen molar-refractivity contribution in [1.82, 2.24) is 14.7 Å². The maximum atomic E-state index is 12.0. The Kier molecular flexibility index (Phi) is 4.11. The minimum atomic E-state index is -0.0319. The number of benzene rings is 1. The lowest BCUT2D eigenvalue weighted by Crippen LogP contribution is -2.24. The van der Waals surface area contributed by atoms with Gasteiger partial charge < -0.3 is 9.72 Å². The Labute approximate surface area is 133 Å². The molecule has 3 rings (SSSR count). The fourth-order valence-corrected chi connectivity index (χ4v) is 2.39. The zero-order valence-corrected chi connectivity index (χ0v) is 13.0. The molecule has 0 bridgehead atoms. The maximum Gasteiger partial charge on any atom is 0.224 e. The Morgan fingerprint density at radius 2 is 2.05 bits per heavy atom. The van der Waals surface area contributed by atoms with Crippen molar-refractivity contribution in [2.24, 2.45) is 0 Å². The van der Waals surface area contributed by atoms with E-state index in [1.807, 2.05) is 48.0 Å². The molecule has 0 spiro atoms. The molecule has 112 valence electrons. The van der Waals surface area contributed by atoms with Crippen LogP contribution in [-0.4, -0.2) is 15.3 Å². The van der Waals surface area contributed by atoms with Crippen molar-refractivity contribution < 1.29 is 4.79 Å². The zero-order valence-electron chi connectivity index (χ0n) is 12.2. The van der Waals surface area contributed by atoms with E-state index >= 15 is 0 Å². The van der Waals surface area contributed by atoms with Crippen LogP contribution in [-0.2, 0) is 17.8 Å². The highest BCUT2D eigenvalue weighted by atomic mass is 35.5. The van der Waals surface area contributed by atoms with Gasteiger partial charge in [0.1, 0.15) is 5.65 Å². The average Bonchev–Trinajstić information content (AvgIpc) is 2.89. The third kappa shape index (κ3) is 3.46. The van der Waals surface area contributed by atoms with E-state index in [9.17, 15) is 4.79 Å². The van der Waals surface area contributed by atoms with Crippen molar-refractivity contribution in [2.75, 3.05) is 0 Å². The van der Waals surface area contributed by atoms with E-state index in [0.29, 0.717) is 18.0 Å². The molecule has 3 aromatic rings. The fourth-order valence-electron chi connectivity index (χ4n) is 2.26. The van der Waals surface area contributed by atoms with E-state index in [1.54, 1.807) is 12.1 Å². The van der Waals surface area contributed by atoms with Gasteiger partial charge in [0.25, 0.3) is 0 Å². The molecule has 0 unspecified atom stereocenters. The van der Waals surface area contributed by atoms with Crippen LogP contribution < -0.4 is 5.32 Å². The maximum absolute atomic E-state index is 12.0. The summed E-state index contributed by atoms with van der Waals surface area (Å²) in [6.07, 6.45) is 4.23. The third-order valence-corrected chi connectivity index (χ3v) is 3.66. The van der Waals surface area contributed by atoms with E-state index < -0.39 is 0 Å². The molecule has 2 heterocycles. The first-order chi connectivity index (χ1) is 10.6. The molecule has 0 aliphatic rings. The molecular formula is C17H16ClN3O. The summed E-state index contributed by atoms with van der Waals surface area (Å²) in [5.74, 6) is -0.0319. The smallest absolute Gasteiger partial charge is 0.224 e. The van der Waals surface area contributed by atoms with E-state index in [-0.39, 0.29) is 5.91 Å². The summed E-state index contributed by atoms with van der Waals surface area (Å²) in [5.41, 5.74) is 3.83. The summed E-state index contributed by atoms with van der Waals surface area (Å²) in [5, 5.41) is 3.56. The number of imidazole rings is 1. The van der Waals surface area contributed by atoms with Crippen LogP contribution in [0.3, 0.4) is 0 Å². The van der Waals surface area contributed by atoms with Gasteiger partial charge in [-0.1, -0.05) is 23.7 Å². The molecular weight excluding hydrogens is 298 g/mol. The van der Waals surface area contributed by atoms with Crippen LogP contribution in [0.5, 0.6) is 0 Å². The van der Waals surface area contributed by atoms with Crippen molar-refractivity contribution in [3.63, 3.8) is 0 Å². The number of hydrogen-bond acceptors (Lipinski definition) is 2. The Morgan fingerprint density at radius 1 is 1.27 bits per heavy atom. The summed E-state index contributed by atoms with van der Waals surface area (Å²) in [7, 11) is 0. The van der Waals surface area contributed by atoms with E-state index in [0.717, 1.165) is 22.5 Å². The Morgan fingerprint density at radius 3 is 2.82 bits per heavy atom. The highest BCUT2D eigenvalue weighted by Gasteiger charge is 2.06. The summed E-state index contributed by atoms with van der Waals surface area (Å²) in [6, 6.07) is 11.3. The number of halogens is 1.